The first-order chi connectivity index (χ1) is 9.69. The van der Waals surface area contributed by atoms with E-state index in [1.54, 1.807) is 29.8 Å². The van der Waals surface area contributed by atoms with E-state index < -0.39 is 0 Å². The molecule has 3 aromatic rings. The van der Waals surface area contributed by atoms with Crippen LogP contribution in [0.5, 0.6) is 0 Å². The summed E-state index contributed by atoms with van der Waals surface area (Å²) in [6.45, 7) is 2.23. The summed E-state index contributed by atoms with van der Waals surface area (Å²) in [6.07, 6.45) is 1.84. The lowest BCUT2D eigenvalue weighted by molar-refractivity contribution is 0.101. The predicted octanol–water partition coefficient (Wildman–Crippen LogP) is 3.48. The van der Waals surface area contributed by atoms with Crippen molar-refractivity contribution in [2.75, 3.05) is 0 Å². The number of hydrogen-bond donors (Lipinski definition) is 0. The number of imidazole rings is 1. The molecule has 6 heteroatoms. The molecule has 0 N–H and O–H groups in total. The van der Waals surface area contributed by atoms with Crippen LogP contribution < -0.4 is 0 Å². The molecule has 0 aliphatic carbocycles. The van der Waals surface area contributed by atoms with Gasteiger partial charge in [-0.25, -0.2) is 4.98 Å². The van der Waals surface area contributed by atoms with Crippen molar-refractivity contribution < 1.29 is 4.79 Å². The summed E-state index contributed by atoms with van der Waals surface area (Å²) in [7, 11) is 0. The van der Waals surface area contributed by atoms with Gasteiger partial charge in [-0.05, 0) is 25.1 Å². The Balaban J connectivity index is 2.15. The molecule has 0 atom stereocenters. The quantitative estimate of drug-likeness (QED) is 0.547. The van der Waals surface area contributed by atoms with E-state index in [1.165, 1.54) is 0 Å². The lowest BCUT2D eigenvalue weighted by Gasteiger charge is -2.06. The fourth-order valence-corrected chi connectivity index (χ4v) is 2.93. The first-order valence-electron chi connectivity index (χ1n) is 6.12. The van der Waals surface area contributed by atoms with E-state index in [9.17, 15) is 4.79 Å². The van der Waals surface area contributed by atoms with Crippen LogP contribution in [-0.4, -0.2) is 20.3 Å². The smallest absolute Gasteiger partial charge is 0.159 e. The van der Waals surface area contributed by atoms with E-state index in [-0.39, 0.29) is 5.78 Å². The highest BCUT2D eigenvalue weighted by Crippen LogP contribution is 2.22. The number of carbonyl (C=O) groups excluding carboxylic acids is 1. The first kappa shape index (κ1) is 13.3. The molecule has 0 spiro atoms. The summed E-state index contributed by atoms with van der Waals surface area (Å²) in [5, 5.41) is 0. The monoisotopic (exact) mass is 305 g/mol. The van der Waals surface area contributed by atoms with Crippen LogP contribution in [0, 0.1) is 0 Å². The van der Waals surface area contributed by atoms with Gasteiger partial charge in [0.15, 0.2) is 5.78 Å². The number of Topliss-reactive ketones (excluding diaryl/α,β-unsaturated/α-hetero) is 1. The SMILES string of the molecule is CC(=O)c1ccc2nc(CCl)n(Cc3cncs3)c2c1. The lowest BCUT2D eigenvalue weighted by atomic mass is 10.1. The van der Waals surface area contributed by atoms with Crippen LogP contribution in [0.1, 0.15) is 28.0 Å². The van der Waals surface area contributed by atoms with Crippen molar-refractivity contribution in [2.45, 2.75) is 19.3 Å². The average molecular weight is 306 g/mol. The third-order valence-corrected chi connectivity index (χ3v) is 4.15. The largest absolute Gasteiger partial charge is 0.322 e. The number of thiazole rings is 1. The Hall–Kier alpha value is -1.72. The highest BCUT2D eigenvalue weighted by molar-refractivity contribution is 7.09. The van der Waals surface area contributed by atoms with Gasteiger partial charge in [0, 0.05) is 16.6 Å². The summed E-state index contributed by atoms with van der Waals surface area (Å²) < 4.78 is 2.04. The van der Waals surface area contributed by atoms with E-state index in [0.29, 0.717) is 18.0 Å². The van der Waals surface area contributed by atoms with Gasteiger partial charge >= 0.3 is 0 Å². The van der Waals surface area contributed by atoms with Gasteiger partial charge < -0.3 is 4.57 Å². The molecule has 0 aliphatic rings. The van der Waals surface area contributed by atoms with Crippen molar-refractivity contribution in [2.24, 2.45) is 0 Å². The topological polar surface area (TPSA) is 47.8 Å². The van der Waals surface area contributed by atoms with E-state index >= 15 is 0 Å². The van der Waals surface area contributed by atoms with Gasteiger partial charge in [0.25, 0.3) is 0 Å². The Labute approximate surface area is 125 Å². The highest BCUT2D eigenvalue weighted by atomic mass is 35.5. The number of aromatic nitrogens is 3. The molecule has 2 heterocycles. The molecule has 0 bridgehead atoms. The van der Waals surface area contributed by atoms with Gasteiger partial charge in [-0.15, -0.1) is 22.9 Å². The Morgan fingerprint density at radius 2 is 2.30 bits per heavy atom. The second kappa shape index (κ2) is 5.34. The summed E-state index contributed by atoms with van der Waals surface area (Å²) in [6, 6.07) is 5.54. The zero-order valence-electron chi connectivity index (χ0n) is 10.8. The van der Waals surface area contributed by atoms with Crippen molar-refractivity contribution in [3.05, 3.63) is 46.2 Å². The van der Waals surface area contributed by atoms with Crippen molar-refractivity contribution in [3.63, 3.8) is 0 Å². The maximum Gasteiger partial charge on any atom is 0.159 e. The minimum Gasteiger partial charge on any atom is -0.322 e. The van der Waals surface area contributed by atoms with Crippen LogP contribution in [0.15, 0.2) is 29.9 Å². The zero-order valence-corrected chi connectivity index (χ0v) is 12.4. The number of carbonyl (C=O) groups is 1. The molecule has 0 saturated heterocycles. The molecule has 1 aromatic carbocycles. The number of nitrogens with zero attached hydrogens (tertiary/aromatic N) is 3. The van der Waals surface area contributed by atoms with Crippen molar-refractivity contribution in [1.29, 1.82) is 0 Å². The number of alkyl halides is 1. The molecule has 4 nitrogen and oxygen atoms in total. The molecule has 0 fully saturated rings. The molecule has 0 saturated carbocycles. The molecule has 20 heavy (non-hydrogen) atoms. The highest BCUT2D eigenvalue weighted by Gasteiger charge is 2.12. The van der Waals surface area contributed by atoms with Crippen LogP contribution in [0.25, 0.3) is 11.0 Å². The average Bonchev–Trinajstić information content (AvgIpc) is 3.06. The Bertz CT molecular complexity index is 764. The number of ketones is 1. The van der Waals surface area contributed by atoms with Crippen LogP contribution in [0.2, 0.25) is 0 Å². The van der Waals surface area contributed by atoms with Crippen molar-refractivity contribution in [1.82, 2.24) is 14.5 Å². The Morgan fingerprint density at radius 1 is 1.45 bits per heavy atom. The molecule has 102 valence electrons. The van der Waals surface area contributed by atoms with Crippen molar-refractivity contribution in [3.8, 4) is 0 Å². The lowest BCUT2D eigenvalue weighted by Crippen LogP contribution is -2.03. The van der Waals surface area contributed by atoms with Crippen LogP contribution >= 0.6 is 22.9 Å². The predicted molar refractivity (Wildman–Crippen MR) is 80.5 cm³/mol. The van der Waals surface area contributed by atoms with E-state index in [4.69, 9.17) is 11.6 Å². The van der Waals surface area contributed by atoms with E-state index in [0.717, 1.165) is 21.7 Å². The summed E-state index contributed by atoms with van der Waals surface area (Å²) in [4.78, 5) is 21.3. The second-order valence-corrected chi connectivity index (χ2v) is 5.71. The van der Waals surface area contributed by atoms with Crippen LogP contribution in [0.3, 0.4) is 0 Å². The molecule has 2 aromatic heterocycles. The minimum absolute atomic E-state index is 0.0462. The van der Waals surface area contributed by atoms with Crippen molar-refractivity contribution >= 4 is 39.8 Å². The van der Waals surface area contributed by atoms with Gasteiger partial charge in [-0.1, -0.05) is 0 Å². The number of benzene rings is 1. The Kier molecular flexibility index (Phi) is 3.54. The van der Waals surface area contributed by atoms with Gasteiger partial charge in [0.05, 0.1) is 29.0 Å². The number of hydrogen-bond acceptors (Lipinski definition) is 4. The van der Waals surface area contributed by atoms with Crippen LogP contribution in [0.4, 0.5) is 0 Å². The molecule has 0 unspecified atom stereocenters. The number of halogens is 1. The molecular formula is C14H12ClN3OS. The first-order valence-corrected chi connectivity index (χ1v) is 7.54. The summed E-state index contributed by atoms with van der Waals surface area (Å²) in [5.41, 5.74) is 4.27. The fourth-order valence-electron chi connectivity index (χ4n) is 2.15. The van der Waals surface area contributed by atoms with Crippen LogP contribution in [-0.2, 0) is 12.4 Å². The number of fused-ring (bicyclic) bond motifs is 1. The molecule has 0 radical (unpaired) electrons. The fraction of sp³-hybridized carbons (Fsp3) is 0.214. The molecular weight excluding hydrogens is 294 g/mol. The Morgan fingerprint density at radius 3 is 2.95 bits per heavy atom. The van der Waals surface area contributed by atoms with Gasteiger partial charge in [0.2, 0.25) is 0 Å². The van der Waals surface area contributed by atoms with Gasteiger partial charge in [0.1, 0.15) is 5.82 Å². The molecule has 3 rings (SSSR count). The van der Waals surface area contributed by atoms with E-state index in [1.807, 2.05) is 22.9 Å². The normalized spacial score (nSPS) is 11.1. The van der Waals surface area contributed by atoms with E-state index in [2.05, 4.69) is 9.97 Å². The maximum atomic E-state index is 11.5. The standard InChI is InChI=1S/C14H12ClN3OS/c1-9(19)10-2-3-12-13(4-10)18(14(5-15)17-12)7-11-6-16-8-20-11/h2-4,6,8H,5,7H2,1H3. The zero-order chi connectivity index (χ0) is 14.1. The third kappa shape index (κ3) is 2.34. The molecule has 0 aliphatic heterocycles. The third-order valence-electron chi connectivity index (χ3n) is 3.15. The van der Waals surface area contributed by atoms with Gasteiger partial charge in [-0.3, -0.25) is 9.78 Å². The second-order valence-electron chi connectivity index (χ2n) is 4.48. The summed E-state index contributed by atoms with van der Waals surface area (Å²) in [5.74, 6) is 1.18. The maximum absolute atomic E-state index is 11.5. The summed E-state index contributed by atoms with van der Waals surface area (Å²) >= 11 is 7.57. The number of rotatable bonds is 4. The van der Waals surface area contributed by atoms with Gasteiger partial charge in [-0.2, -0.15) is 0 Å². The molecule has 0 amide bonds. The minimum atomic E-state index is 0.0462.